The number of aromatic nitrogens is 1. The maximum absolute atomic E-state index is 13.1. The van der Waals surface area contributed by atoms with Crippen LogP contribution in [0.25, 0.3) is 0 Å². The molecule has 152 valence electrons. The molecule has 3 heterocycles. The van der Waals surface area contributed by atoms with Crippen LogP contribution in [0.5, 0.6) is 5.75 Å². The monoisotopic (exact) mass is 427 g/mol. The summed E-state index contributed by atoms with van der Waals surface area (Å²) >= 11 is 1.69. The summed E-state index contributed by atoms with van der Waals surface area (Å²) in [4.78, 5) is 9.82. The topological polar surface area (TPSA) is 45.7 Å². The second-order valence-corrected chi connectivity index (χ2v) is 9.43. The molecule has 4 rings (SSSR count). The molecule has 5 nitrogen and oxygen atoms in total. The maximum atomic E-state index is 13.1. The van der Waals surface area contributed by atoms with Crippen molar-refractivity contribution < 1.29 is 8.95 Å². The largest absolute Gasteiger partial charge is 0.494 e. The van der Waals surface area contributed by atoms with E-state index < -0.39 is 10.8 Å². The molecule has 0 amide bonds. The van der Waals surface area contributed by atoms with Gasteiger partial charge >= 0.3 is 0 Å². The van der Waals surface area contributed by atoms with Gasteiger partial charge in [-0.05, 0) is 61.0 Å². The Hall–Kier alpha value is -2.38. The van der Waals surface area contributed by atoms with Crippen molar-refractivity contribution in [3.8, 4) is 5.75 Å². The van der Waals surface area contributed by atoms with Gasteiger partial charge in [-0.15, -0.1) is 11.3 Å². The fraction of sp³-hybridized carbons (Fsp3) is 0.318. The van der Waals surface area contributed by atoms with Crippen LogP contribution in [-0.2, 0) is 10.8 Å². The Morgan fingerprint density at radius 2 is 2.07 bits per heavy atom. The molecule has 0 saturated heterocycles. The van der Waals surface area contributed by atoms with E-state index in [1.54, 1.807) is 24.6 Å². The minimum Gasteiger partial charge on any atom is -0.494 e. The maximum Gasteiger partial charge on any atom is 0.155 e. The van der Waals surface area contributed by atoms with Gasteiger partial charge in [0.05, 0.1) is 23.4 Å². The SMILES string of the molecule is COc1ccsc1N(C)CCCN1c2cccnc2S(=O)c2ccc(C)c(C)c21. The molecule has 1 aliphatic heterocycles. The Morgan fingerprint density at radius 3 is 2.86 bits per heavy atom. The molecule has 0 saturated carbocycles. The summed E-state index contributed by atoms with van der Waals surface area (Å²) in [5.74, 6) is 0.914. The molecule has 0 N–H and O–H groups in total. The van der Waals surface area contributed by atoms with Crippen molar-refractivity contribution in [1.82, 2.24) is 4.98 Å². The first-order valence-electron chi connectivity index (χ1n) is 9.60. The van der Waals surface area contributed by atoms with Crippen molar-refractivity contribution in [2.24, 2.45) is 0 Å². The summed E-state index contributed by atoms with van der Waals surface area (Å²) in [6, 6.07) is 9.98. The minimum absolute atomic E-state index is 0.650. The number of ether oxygens (including phenoxy) is 1. The third kappa shape index (κ3) is 3.53. The van der Waals surface area contributed by atoms with Gasteiger partial charge in [-0.1, -0.05) is 6.07 Å². The number of thiophene rings is 1. The second-order valence-electron chi connectivity index (χ2n) is 7.17. The van der Waals surface area contributed by atoms with Crippen LogP contribution >= 0.6 is 11.3 Å². The number of methoxy groups -OCH3 is 1. The smallest absolute Gasteiger partial charge is 0.155 e. The zero-order valence-corrected chi connectivity index (χ0v) is 18.8. The lowest BCUT2D eigenvalue weighted by Crippen LogP contribution is -2.29. The normalized spacial score (nSPS) is 15.0. The van der Waals surface area contributed by atoms with E-state index in [1.165, 1.54) is 11.1 Å². The van der Waals surface area contributed by atoms with Gasteiger partial charge in [-0.25, -0.2) is 9.19 Å². The number of pyridine rings is 1. The number of hydrogen-bond acceptors (Lipinski definition) is 6. The van der Waals surface area contributed by atoms with E-state index in [9.17, 15) is 4.21 Å². The van der Waals surface area contributed by atoms with Gasteiger partial charge in [0.15, 0.2) is 10.8 Å². The lowest BCUT2D eigenvalue weighted by molar-refractivity contribution is 0.416. The molecule has 2 aromatic heterocycles. The third-order valence-electron chi connectivity index (χ3n) is 5.40. The lowest BCUT2D eigenvalue weighted by Gasteiger charge is -2.34. The highest BCUT2D eigenvalue weighted by atomic mass is 32.2. The summed E-state index contributed by atoms with van der Waals surface area (Å²) in [6.07, 6.45) is 2.67. The highest BCUT2D eigenvalue weighted by Gasteiger charge is 2.30. The second kappa shape index (κ2) is 8.16. The molecule has 1 aromatic carbocycles. The van der Waals surface area contributed by atoms with Gasteiger partial charge in [-0.2, -0.15) is 0 Å². The number of hydrogen-bond donors (Lipinski definition) is 0. The average molecular weight is 428 g/mol. The van der Waals surface area contributed by atoms with Crippen molar-refractivity contribution in [3.63, 3.8) is 0 Å². The van der Waals surface area contributed by atoms with E-state index in [-0.39, 0.29) is 0 Å². The highest BCUT2D eigenvalue weighted by molar-refractivity contribution is 7.85. The molecule has 0 bridgehead atoms. The Balaban J connectivity index is 1.61. The molecule has 1 unspecified atom stereocenters. The Labute approximate surface area is 178 Å². The van der Waals surface area contributed by atoms with Crippen LogP contribution in [-0.4, -0.2) is 36.4 Å². The van der Waals surface area contributed by atoms with Gasteiger partial charge in [0.1, 0.15) is 15.8 Å². The van der Waals surface area contributed by atoms with Gasteiger partial charge in [0, 0.05) is 26.3 Å². The number of nitrogens with zero attached hydrogens (tertiary/aromatic N) is 3. The quantitative estimate of drug-likeness (QED) is 0.559. The molecule has 3 aromatic rings. The van der Waals surface area contributed by atoms with Crippen LogP contribution < -0.4 is 14.5 Å². The van der Waals surface area contributed by atoms with Crippen molar-refractivity contribution in [2.75, 3.05) is 37.0 Å². The number of rotatable bonds is 6. The average Bonchev–Trinajstić information content (AvgIpc) is 3.22. The van der Waals surface area contributed by atoms with Crippen LogP contribution in [0, 0.1) is 13.8 Å². The fourth-order valence-electron chi connectivity index (χ4n) is 3.74. The number of anilines is 3. The van der Waals surface area contributed by atoms with Crippen LogP contribution in [0.15, 0.2) is 51.8 Å². The first-order valence-corrected chi connectivity index (χ1v) is 11.6. The molecule has 0 fully saturated rings. The molecule has 29 heavy (non-hydrogen) atoms. The van der Waals surface area contributed by atoms with E-state index in [2.05, 4.69) is 47.1 Å². The molecule has 7 heteroatoms. The number of fused-ring (bicyclic) bond motifs is 2. The van der Waals surface area contributed by atoms with E-state index in [4.69, 9.17) is 4.74 Å². The van der Waals surface area contributed by atoms with Crippen molar-refractivity contribution >= 4 is 38.5 Å². The first-order chi connectivity index (χ1) is 14.0. The highest BCUT2D eigenvalue weighted by Crippen LogP contribution is 2.43. The van der Waals surface area contributed by atoms with Crippen LogP contribution in [0.4, 0.5) is 16.4 Å². The summed E-state index contributed by atoms with van der Waals surface area (Å²) in [6.45, 7) is 5.94. The van der Waals surface area contributed by atoms with Crippen LogP contribution in [0.3, 0.4) is 0 Å². The Morgan fingerprint density at radius 1 is 1.24 bits per heavy atom. The molecule has 0 radical (unpaired) electrons. The summed E-state index contributed by atoms with van der Waals surface area (Å²) in [5.41, 5.74) is 4.40. The van der Waals surface area contributed by atoms with E-state index in [1.807, 2.05) is 24.3 Å². The summed E-state index contributed by atoms with van der Waals surface area (Å²) in [5, 5.41) is 3.84. The van der Waals surface area contributed by atoms with Crippen LogP contribution in [0.1, 0.15) is 17.5 Å². The standard InChI is InChI=1S/C22H25N3O2S2/c1-15-8-9-19-20(16(15)2)25(17-7-5-11-23-21(17)29(19)26)13-6-12-24(3)22-18(27-4)10-14-28-22/h5,7-11,14H,6,12-13H2,1-4H3. The zero-order valence-electron chi connectivity index (χ0n) is 17.1. The zero-order chi connectivity index (χ0) is 20.5. The molecular weight excluding hydrogens is 402 g/mol. The van der Waals surface area contributed by atoms with E-state index in [0.717, 1.165) is 46.5 Å². The van der Waals surface area contributed by atoms with Crippen molar-refractivity contribution in [1.29, 1.82) is 0 Å². The minimum atomic E-state index is -1.25. The Kier molecular flexibility index (Phi) is 5.61. The van der Waals surface area contributed by atoms with E-state index in [0.29, 0.717) is 5.03 Å². The third-order valence-corrected chi connectivity index (χ3v) is 7.81. The molecular formula is C22H25N3O2S2. The van der Waals surface area contributed by atoms with Crippen LogP contribution in [0.2, 0.25) is 0 Å². The van der Waals surface area contributed by atoms with E-state index >= 15 is 0 Å². The number of benzene rings is 1. The summed E-state index contributed by atoms with van der Waals surface area (Å²) in [7, 11) is 2.55. The number of aryl methyl sites for hydroxylation is 1. The molecule has 1 aliphatic rings. The van der Waals surface area contributed by atoms with Gasteiger partial charge in [0.2, 0.25) is 0 Å². The first kappa shape index (κ1) is 19.9. The van der Waals surface area contributed by atoms with Crippen molar-refractivity contribution in [3.05, 3.63) is 53.0 Å². The lowest BCUT2D eigenvalue weighted by atomic mass is 10.1. The molecule has 0 aliphatic carbocycles. The predicted molar refractivity (Wildman–Crippen MR) is 121 cm³/mol. The predicted octanol–water partition coefficient (Wildman–Crippen LogP) is 4.91. The van der Waals surface area contributed by atoms with Gasteiger partial charge in [0.25, 0.3) is 0 Å². The summed E-state index contributed by atoms with van der Waals surface area (Å²) < 4.78 is 18.6. The van der Waals surface area contributed by atoms with Gasteiger partial charge in [-0.3, -0.25) is 0 Å². The fourth-order valence-corrected chi connectivity index (χ4v) is 5.96. The van der Waals surface area contributed by atoms with Gasteiger partial charge < -0.3 is 14.5 Å². The van der Waals surface area contributed by atoms with Crippen molar-refractivity contribution in [2.45, 2.75) is 30.2 Å². The molecule has 0 spiro atoms. The Bertz CT molecular complexity index is 1060. The molecule has 1 atom stereocenters.